The van der Waals surface area contributed by atoms with Gasteiger partial charge in [0.15, 0.2) is 5.15 Å². The number of aliphatic carboxylic acids is 1. The highest BCUT2D eigenvalue weighted by atomic mass is 35.5. The Labute approximate surface area is 163 Å². The minimum Gasteiger partial charge on any atom is -0.480 e. The number of carboxylic acids is 1. The van der Waals surface area contributed by atoms with Crippen molar-refractivity contribution in [3.63, 3.8) is 0 Å². The zero-order chi connectivity index (χ0) is 19.3. The van der Waals surface area contributed by atoms with Crippen molar-refractivity contribution in [1.82, 2.24) is 19.6 Å². The average molecular weight is 405 g/mol. The first kappa shape index (κ1) is 17.8. The van der Waals surface area contributed by atoms with Gasteiger partial charge in [0.05, 0.1) is 11.9 Å². The number of rotatable bonds is 3. The zero-order valence-corrected chi connectivity index (χ0v) is 15.6. The number of nitrogens with zero attached hydrogens (tertiary/aromatic N) is 4. The number of benzene rings is 1. The normalized spacial score (nSPS) is 18.5. The molecule has 138 valence electrons. The number of aromatic nitrogens is 4. The highest BCUT2D eigenvalue weighted by molar-refractivity contribution is 6.31. The van der Waals surface area contributed by atoms with Crippen LogP contribution in [0.4, 0.5) is 0 Å². The molecule has 3 aromatic rings. The van der Waals surface area contributed by atoms with Crippen LogP contribution in [-0.4, -0.2) is 30.6 Å². The molecule has 27 heavy (non-hydrogen) atoms. The first-order chi connectivity index (χ1) is 12.8. The Bertz CT molecular complexity index is 1120. The lowest BCUT2D eigenvalue weighted by Crippen LogP contribution is -2.27. The maximum absolute atomic E-state index is 12.7. The molecule has 0 bridgehead atoms. The second-order valence-corrected chi connectivity index (χ2v) is 7.34. The number of carboxylic acid groups (broad SMARTS) is 1. The Hall–Kier alpha value is -2.64. The van der Waals surface area contributed by atoms with Crippen molar-refractivity contribution in [2.75, 3.05) is 0 Å². The van der Waals surface area contributed by atoms with Crippen molar-refractivity contribution in [3.05, 3.63) is 62.8 Å². The van der Waals surface area contributed by atoms with Gasteiger partial charge in [0, 0.05) is 22.3 Å². The molecule has 1 aliphatic rings. The molecule has 9 heteroatoms. The van der Waals surface area contributed by atoms with E-state index in [2.05, 4.69) is 10.3 Å². The molecule has 7 nitrogen and oxygen atoms in total. The second kappa shape index (κ2) is 6.51. The third kappa shape index (κ3) is 3.02. The Morgan fingerprint density at radius 3 is 2.70 bits per heavy atom. The van der Waals surface area contributed by atoms with Crippen LogP contribution >= 0.6 is 23.2 Å². The fraction of sp³-hybridized carbons (Fsp3) is 0.222. The van der Waals surface area contributed by atoms with E-state index in [9.17, 15) is 14.7 Å². The van der Waals surface area contributed by atoms with E-state index >= 15 is 0 Å². The Balaban J connectivity index is 1.92. The number of hydrogen-bond acceptors (Lipinski definition) is 4. The quantitative estimate of drug-likeness (QED) is 0.720. The standard InChI is InChI=1S/C18H14Cl2N4O3/c1-9-4-15(18(26)27)24-14(9)5-10(6-17(24)25)12-7-11(19)2-3-13(12)23-8-16(20)21-22-23/h2-3,5-9,15H,4H2,1H3,(H,26,27)/t9-,15+/m1/s1. The fourth-order valence-corrected chi connectivity index (χ4v) is 3.84. The van der Waals surface area contributed by atoms with Gasteiger partial charge in [-0.1, -0.05) is 35.3 Å². The maximum Gasteiger partial charge on any atom is 0.326 e. The van der Waals surface area contributed by atoms with E-state index < -0.39 is 12.0 Å². The monoisotopic (exact) mass is 404 g/mol. The van der Waals surface area contributed by atoms with E-state index in [0.29, 0.717) is 34.0 Å². The van der Waals surface area contributed by atoms with E-state index in [1.165, 1.54) is 15.3 Å². The molecule has 0 unspecified atom stereocenters. The van der Waals surface area contributed by atoms with Crippen LogP contribution in [0.3, 0.4) is 0 Å². The van der Waals surface area contributed by atoms with E-state index in [-0.39, 0.29) is 16.6 Å². The third-order valence-electron chi connectivity index (χ3n) is 4.76. The van der Waals surface area contributed by atoms with Crippen LogP contribution in [0.15, 0.2) is 41.3 Å². The van der Waals surface area contributed by atoms with Crippen molar-refractivity contribution >= 4 is 29.2 Å². The number of pyridine rings is 1. The summed E-state index contributed by atoms with van der Waals surface area (Å²) in [4.78, 5) is 24.2. The number of carbonyl (C=O) groups is 1. The molecular weight excluding hydrogens is 391 g/mol. The first-order valence-corrected chi connectivity index (χ1v) is 8.98. The van der Waals surface area contributed by atoms with Crippen molar-refractivity contribution in [3.8, 4) is 16.8 Å². The Morgan fingerprint density at radius 1 is 1.26 bits per heavy atom. The summed E-state index contributed by atoms with van der Waals surface area (Å²) in [6, 6.07) is 7.61. The SMILES string of the molecule is C[C@@H]1C[C@@H](C(=O)O)n2c1cc(-c1cc(Cl)ccc1-n1cc(Cl)nn1)cc2=O. The van der Waals surface area contributed by atoms with E-state index in [1.807, 2.05) is 13.0 Å². The molecule has 2 atom stereocenters. The third-order valence-corrected chi connectivity index (χ3v) is 5.17. The number of hydrogen-bond donors (Lipinski definition) is 1. The van der Waals surface area contributed by atoms with Crippen LogP contribution in [0.25, 0.3) is 16.8 Å². The summed E-state index contributed by atoms with van der Waals surface area (Å²) >= 11 is 12.1. The van der Waals surface area contributed by atoms with Crippen molar-refractivity contribution in [2.24, 2.45) is 0 Å². The Morgan fingerprint density at radius 2 is 2.04 bits per heavy atom. The molecule has 1 N–H and O–H groups in total. The molecule has 2 aromatic heterocycles. The van der Waals surface area contributed by atoms with E-state index in [4.69, 9.17) is 23.2 Å². The summed E-state index contributed by atoms with van der Waals surface area (Å²) in [6.07, 6.45) is 1.94. The molecule has 1 aliphatic heterocycles. The van der Waals surface area contributed by atoms with Gasteiger partial charge in [0.1, 0.15) is 6.04 Å². The van der Waals surface area contributed by atoms with Crippen LogP contribution < -0.4 is 5.56 Å². The average Bonchev–Trinajstić information content (AvgIpc) is 3.19. The summed E-state index contributed by atoms with van der Waals surface area (Å²) in [5, 5.41) is 17.9. The molecule has 0 spiro atoms. The lowest BCUT2D eigenvalue weighted by Gasteiger charge is -2.14. The van der Waals surface area contributed by atoms with Crippen LogP contribution in [0.5, 0.6) is 0 Å². The van der Waals surface area contributed by atoms with E-state index in [0.717, 1.165) is 0 Å². The summed E-state index contributed by atoms with van der Waals surface area (Å²) in [7, 11) is 0. The minimum absolute atomic E-state index is 0.0535. The van der Waals surface area contributed by atoms with Crippen LogP contribution in [0.2, 0.25) is 10.2 Å². The number of fused-ring (bicyclic) bond motifs is 1. The molecule has 1 aromatic carbocycles. The maximum atomic E-state index is 12.7. The fourth-order valence-electron chi connectivity index (χ4n) is 3.54. The van der Waals surface area contributed by atoms with Crippen LogP contribution in [0, 0.1) is 0 Å². The summed E-state index contributed by atoms with van der Waals surface area (Å²) in [6.45, 7) is 1.91. The first-order valence-electron chi connectivity index (χ1n) is 8.22. The highest BCUT2D eigenvalue weighted by Crippen LogP contribution is 2.37. The highest BCUT2D eigenvalue weighted by Gasteiger charge is 2.34. The molecule has 0 fully saturated rings. The van der Waals surface area contributed by atoms with Gasteiger partial charge in [-0.05, 0) is 42.2 Å². The molecular formula is C18H14Cl2N4O3. The zero-order valence-electron chi connectivity index (χ0n) is 14.1. The minimum atomic E-state index is -1.00. The van der Waals surface area contributed by atoms with Gasteiger partial charge in [0.2, 0.25) is 0 Å². The molecule has 0 aliphatic carbocycles. The van der Waals surface area contributed by atoms with Gasteiger partial charge in [-0.3, -0.25) is 9.36 Å². The van der Waals surface area contributed by atoms with E-state index in [1.54, 1.807) is 24.4 Å². The lowest BCUT2D eigenvalue weighted by atomic mass is 10.00. The summed E-state index contributed by atoms with van der Waals surface area (Å²) < 4.78 is 2.86. The predicted octanol–water partition coefficient (Wildman–Crippen LogP) is 3.54. The largest absolute Gasteiger partial charge is 0.480 e. The van der Waals surface area contributed by atoms with Crippen molar-refractivity contribution < 1.29 is 9.90 Å². The van der Waals surface area contributed by atoms with Crippen molar-refractivity contribution in [2.45, 2.75) is 25.3 Å². The van der Waals surface area contributed by atoms with Gasteiger partial charge < -0.3 is 5.11 Å². The molecule has 3 heterocycles. The molecule has 0 amide bonds. The van der Waals surface area contributed by atoms with Gasteiger partial charge in [-0.2, -0.15) is 0 Å². The number of halogens is 2. The molecule has 0 saturated heterocycles. The topological polar surface area (TPSA) is 90.0 Å². The Kier molecular flexibility index (Phi) is 4.28. The molecule has 0 saturated carbocycles. The smallest absolute Gasteiger partial charge is 0.326 e. The molecule has 4 rings (SSSR count). The van der Waals surface area contributed by atoms with Crippen molar-refractivity contribution in [1.29, 1.82) is 0 Å². The lowest BCUT2D eigenvalue weighted by molar-refractivity contribution is -0.140. The van der Waals surface area contributed by atoms with Gasteiger partial charge in [0.25, 0.3) is 5.56 Å². The van der Waals surface area contributed by atoms with Gasteiger partial charge in [-0.25, -0.2) is 9.48 Å². The van der Waals surface area contributed by atoms with Crippen LogP contribution in [-0.2, 0) is 4.79 Å². The second-order valence-electron chi connectivity index (χ2n) is 6.52. The van der Waals surface area contributed by atoms with Crippen LogP contribution in [0.1, 0.15) is 31.0 Å². The molecule has 0 radical (unpaired) electrons. The predicted molar refractivity (Wildman–Crippen MR) is 101 cm³/mol. The summed E-state index contributed by atoms with van der Waals surface area (Å²) in [5.74, 6) is -1.06. The van der Waals surface area contributed by atoms with Gasteiger partial charge in [-0.15, -0.1) is 5.10 Å². The van der Waals surface area contributed by atoms with Gasteiger partial charge >= 0.3 is 5.97 Å². The summed E-state index contributed by atoms with van der Waals surface area (Å²) in [5.41, 5.74) is 2.29.